The van der Waals surface area contributed by atoms with E-state index in [4.69, 9.17) is 9.84 Å². The van der Waals surface area contributed by atoms with Gasteiger partial charge in [0.25, 0.3) is 0 Å². The summed E-state index contributed by atoms with van der Waals surface area (Å²) in [7, 11) is 1.51. The SMILES string of the molecule is CCc1cccc(-n2nnc(C(=O)O)c2COC)c1. The van der Waals surface area contributed by atoms with E-state index in [1.54, 1.807) is 0 Å². The molecule has 19 heavy (non-hydrogen) atoms. The van der Waals surface area contributed by atoms with Crippen molar-refractivity contribution in [1.29, 1.82) is 0 Å². The molecule has 2 aromatic rings. The number of carbonyl (C=O) groups is 1. The number of hydrogen-bond donors (Lipinski definition) is 1. The standard InChI is InChI=1S/C13H15N3O3/c1-3-9-5-4-6-10(7-9)16-11(8-19-2)12(13(17)18)14-15-16/h4-7H,3,8H2,1-2H3,(H,17,18). The molecule has 1 aromatic heterocycles. The van der Waals surface area contributed by atoms with Gasteiger partial charge in [-0.1, -0.05) is 24.3 Å². The van der Waals surface area contributed by atoms with E-state index < -0.39 is 5.97 Å². The number of aryl methyl sites for hydroxylation is 1. The predicted molar refractivity (Wildman–Crippen MR) is 68.4 cm³/mol. The van der Waals surface area contributed by atoms with Crippen LogP contribution in [0.2, 0.25) is 0 Å². The number of rotatable bonds is 5. The number of hydrogen-bond acceptors (Lipinski definition) is 4. The third-order valence-corrected chi connectivity index (χ3v) is 2.81. The number of nitrogens with zero attached hydrogens (tertiary/aromatic N) is 3. The van der Waals surface area contributed by atoms with Crippen molar-refractivity contribution in [2.75, 3.05) is 7.11 Å². The van der Waals surface area contributed by atoms with Crippen LogP contribution < -0.4 is 0 Å². The molecule has 6 nitrogen and oxygen atoms in total. The summed E-state index contributed by atoms with van der Waals surface area (Å²) in [6.45, 7) is 2.20. The van der Waals surface area contributed by atoms with E-state index in [0.29, 0.717) is 5.69 Å². The minimum absolute atomic E-state index is 0.0799. The van der Waals surface area contributed by atoms with Gasteiger partial charge < -0.3 is 9.84 Å². The van der Waals surface area contributed by atoms with Gasteiger partial charge >= 0.3 is 5.97 Å². The van der Waals surface area contributed by atoms with Gasteiger partial charge in [0.2, 0.25) is 0 Å². The Labute approximate surface area is 110 Å². The Morgan fingerprint density at radius 2 is 2.26 bits per heavy atom. The lowest BCUT2D eigenvalue weighted by molar-refractivity contribution is 0.0685. The van der Waals surface area contributed by atoms with Crippen LogP contribution in [0.5, 0.6) is 0 Å². The first-order valence-corrected chi connectivity index (χ1v) is 5.93. The topological polar surface area (TPSA) is 77.2 Å². The summed E-state index contributed by atoms with van der Waals surface area (Å²) < 4.78 is 6.54. The number of carboxylic acids is 1. The van der Waals surface area contributed by atoms with Crippen LogP contribution in [0.15, 0.2) is 24.3 Å². The summed E-state index contributed by atoms with van der Waals surface area (Å²) in [6.07, 6.45) is 0.897. The summed E-state index contributed by atoms with van der Waals surface area (Å²) in [4.78, 5) is 11.1. The quantitative estimate of drug-likeness (QED) is 0.886. The third kappa shape index (κ3) is 2.63. The van der Waals surface area contributed by atoms with Gasteiger partial charge in [-0.3, -0.25) is 0 Å². The van der Waals surface area contributed by atoms with Crippen LogP contribution in [0.1, 0.15) is 28.7 Å². The van der Waals surface area contributed by atoms with Crippen LogP contribution in [-0.4, -0.2) is 33.2 Å². The predicted octanol–water partition coefficient (Wildman–Crippen LogP) is 1.67. The number of benzene rings is 1. The van der Waals surface area contributed by atoms with E-state index in [0.717, 1.165) is 17.7 Å². The molecule has 0 spiro atoms. The lowest BCUT2D eigenvalue weighted by Gasteiger charge is -2.07. The van der Waals surface area contributed by atoms with Crippen LogP contribution in [0.25, 0.3) is 5.69 Å². The van der Waals surface area contributed by atoms with Gasteiger partial charge in [0.1, 0.15) is 5.69 Å². The van der Waals surface area contributed by atoms with E-state index in [2.05, 4.69) is 17.2 Å². The third-order valence-electron chi connectivity index (χ3n) is 2.81. The molecule has 2 rings (SSSR count). The first-order valence-electron chi connectivity index (χ1n) is 5.93. The lowest BCUT2D eigenvalue weighted by Crippen LogP contribution is -2.08. The highest BCUT2D eigenvalue weighted by atomic mass is 16.5. The summed E-state index contributed by atoms with van der Waals surface area (Å²) >= 11 is 0. The molecule has 0 saturated carbocycles. The Balaban J connectivity index is 2.51. The van der Waals surface area contributed by atoms with Crippen LogP contribution >= 0.6 is 0 Å². The summed E-state index contributed by atoms with van der Waals surface area (Å²) in [5, 5.41) is 16.7. The molecule has 0 aliphatic rings. The maximum atomic E-state index is 11.1. The number of methoxy groups -OCH3 is 1. The second kappa shape index (κ2) is 5.62. The largest absolute Gasteiger partial charge is 0.476 e. The molecule has 0 aliphatic carbocycles. The number of carboxylic acid groups (broad SMARTS) is 1. The first-order chi connectivity index (χ1) is 9.17. The fourth-order valence-electron chi connectivity index (χ4n) is 1.85. The van der Waals surface area contributed by atoms with Crippen molar-refractivity contribution < 1.29 is 14.6 Å². The van der Waals surface area contributed by atoms with Gasteiger partial charge in [0.15, 0.2) is 5.69 Å². The highest BCUT2D eigenvalue weighted by Gasteiger charge is 2.19. The number of aromatic nitrogens is 3. The molecular formula is C13H15N3O3. The zero-order chi connectivity index (χ0) is 13.8. The minimum atomic E-state index is -1.11. The van der Waals surface area contributed by atoms with E-state index >= 15 is 0 Å². The molecule has 0 amide bonds. The van der Waals surface area contributed by atoms with Gasteiger partial charge in [0.05, 0.1) is 12.3 Å². The second-order valence-electron chi connectivity index (χ2n) is 4.06. The molecule has 1 heterocycles. The van der Waals surface area contributed by atoms with Crippen molar-refractivity contribution >= 4 is 5.97 Å². The Morgan fingerprint density at radius 1 is 1.47 bits per heavy atom. The molecule has 0 atom stereocenters. The molecule has 100 valence electrons. The zero-order valence-electron chi connectivity index (χ0n) is 10.8. The molecular weight excluding hydrogens is 246 g/mol. The maximum absolute atomic E-state index is 11.1. The van der Waals surface area contributed by atoms with E-state index in [9.17, 15) is 4.79 Å². The average Bonchev–Trinajstić information content (AvgIpc) is 2.83. The fourth-order valence-corrected chi connectivity index (χ4v) is 1.85. The molecule has 1 N–H and O–H groups in total. The van der Waals surface area contributed by atoms with Crippen LogP contribution in [0.4, 0.5) is 0 Å². The van der Waals surface area contributed by atoms with Crippen molar-refractivity contribution in [3.63, 3.8) is 0 Å². The highest BCUT2D eigenvalue weighted by molar-refractivity contribution is 5.86. The van der Waals surface area contributed by atoms with Crippen molar-refractivity contribution in [3.8, 4) is 5.69 Å². The second-order valence-corrected chi connectivity index (χ2v) is 4.06. The number of ether oxygens (including phenoxy) is 1. The maximum Gasteiger partial charge on any atom is 0.358 e. The molecule has 0 unspecified atom stereocenters. The number of aromatic carboxylic acids is 1. The van der Waals surface area contributed by atoms with E-state index in [1.807, 2.05) is 24.3 Å². The Hall–Kier alpha value is -2.21. The van der Waals surface area contributed by atoms with Crippen LogP contribution in [-0.2, 0) is 17.8 Å². The minimum Gasteiger partial charge on any atom is -0.476 e. The first kappa shape index (κ1) is 13.2. The van der Waals surface area contributed by atoms with Gasteiger partial charge in [-0.25, -0.2) is 9.48 Å². The normalized spacial score (nSPS) is 10.6. The molecule has 0 aliphatic heterocycles. The van der Waals surface area contributed by atoms with Crippen molar-refractivity contribution in [1.82, 2.24) is 15.0 Å². The Kier molecular flexibility index (Phi) is 3.91. The summed E-state index contributed by atoms with van der Waals surface area (Å²) in [5.41, 5.74) is 2.28. The summed E-state index contributed by atoms with van der Waals surface area (Å²) in [5.74, 6) is -1.11. The zero-order valence-corrected chi connectivity index (χ0v) is 10.8. The van der Waals surface area contributed by atoms with Crippen molar-refractivity contribution in [2.45, 2.75) is 20.0 Å². The summed E-state index contributed by atoms with van der Waals surface area (Å²) in [6, 6.07) is 7.74. The van der Waals surface area contributed by atoms with Gasteiger partial charge in [-0.2, -0.15) is 0 Å². The Morgan fingerprint density at radius 3 is 2.89 bits per heavy atom. The Bertz CT molecular complexity index is 593. The van der Waals surface area contributed by atoms with Crippen molar-refractivity contribution in [3.05, 3.63) is 41.2 Å². The molecule has 0 saturated heterocycles. The molecule has 1 aromatic carbocycles. The van der Waals surface area contributed by atoms with Gasteiger partial charge in [-0.15, -0.1) is 5.10 Å². The van der Waals surface area contributed by atoms with E-state index in [-0.39, 0.29) is 12.3 Å². The van der Waals surface area contributed by atoms with Crippen LogP contribution in [0.3, 0.4) is 0 Å². The monoisotopic (exact) mass is 261 g/mol. The lowest BCUT2D eigenvalue weighted by atomic mass is 10.1. The van der Waals surface area contributed by atoms with Gasteiger partial charge in [-0.05, 0) is 24.1 Å². The molecule has 0 radical (unpaired) electrons. The highest BCUT2D eigenvalue weighted by Crippen LogP contribution is 2.16. The fraction of sp³-hybridized carbons (Fsp3) is 0.308. The van der Waals surface area contributed by atoms with Gasteiger partial charge in [0, 0.05) is 7.11 Å². The molecule has 6 heteroatoms. The van der Waals surface area contributed by atoms with Crippen LogP contribution in [0, 0.1) is 0 Å². The van der Waals surface area contributed by atoms with Crippen molar-refractivity contribution in [2.24, 2.45) is 0 Å². The smallest absolute Gasteiger partial charge is 0.358 e. The molecule has 0 bridgehead atoms. The van der Waals surface area contributed by atoms with E-state index in [1.165, 1.54) is 11.8 Å². The molecule has 0 fully saturated rings. The average molecular weight is 261 g/mol.